The fourth-order valence-corrected chi connectivity index (χ4v) is 3.30. The summed E-state index contributed by atoms with van der Waals surface area (Å²) in [5.41, 5.74) is 5.56. The summed E-state index contributed by atoms with van der Waals surface area (Å²) in [5, 5.41) is 0. The molecule has 2 aromatic rings. The molecule has 2 aliphatic rings. The summed E-state index contributed by atoms with van der Waals surface area (Å²) in [6, 6.07) is 21.2. The van der Waals surface area contributed by atoms with Gasteiger partial charge in [-0.3, -0.25) is 12.2 Å². The Morgan fingerprint density at radius 1 is 0.621 bits per heavy atom. The molecule has 2 unspecified atom stereocenters. The van der Waals surface area contributed by atoms with Crippen molar-refractivity contribution in [1.29, 1.82) is 0 Å². The van der Waals surface area contributed by atoms with E-state index in [-0.39, 0.29) is 35.6 Å². The number of benzene rings is 2. The zero-order valence-corrected chi connectivity index (χ0v) is 19.4. The van der Waals surface area contributed by atoms with E-state index < -0.39 is 0 Å². The molecular formula is C26H26F2Zr-2. The van der Waals surface area contributed by atoms with Gasteiger partial charge in [0, 0.05) is 0 Å². The average molecular weight is 468 g/mol. The maximum Gasteiger partial charge on any atom is 2.00 e. The van der Waals surface area contributed by atoms with E-state index >= 15 is 0 Å². The van der Waals surface area contributed by atoms with Crippen molar-refractivity contribution in [2.75, 3.05) is 0 Å². The second-order valence-corrected chi connectivity index (χ2v) is 6.78. The maximum absolute atomic E-state index is 3.21. The Bertz CT molecular complexity index is 749. The third kappa shape index (κ3) is 7.82. The van der Waals surface area contributed by atoms with Crippen LogP contribution in [0.3, 0.4) is 0 Å². The molecule has 0 fully saturated rings. The van der Waals surface area contributed by atoms with E-state index in [1.165, 1.54) is 22.3 Å². The van der Waals surface area contributed by atoms with E-state index in [2.05, 4.69) is 111 Å². The monoisotopic (exact) mass is 466 g/mol. The fourth-order valence-electron chi connectivity index (χ4n) is 3.30. The molecule has 0 nitrogen and oxygen atoms in total. The number of allylic oxidation sites excluding steroid dienone is 8. The topological polar surface area (TPSA) is 0 Å². The second-order valence-electron chi connectivity index (χ2n) is 6.78. The van der Waals surface area contributed by atoms with E-state index in [1.54, 1.807) is 0 Å². The van der Waals surface area contributed by atoms with E-state index in [1.807, 2.05) is 0 Å². The summed E-state index contributed by atoms with van der Waals surface area (Å²) in [4.78, 5) is 0. The molecular weight excluding hydrogens is 442 g/mol. The van der Waals surface area contributed by atoms with Crippen molar-refractivity contribution >= 4 is 0 Å². The van der Waals surface area contributed by atoms with Gasteiger partial charge in [-0.05, 0) is 0 Å². The zero-order valence-electron chi connectivity index (χ0n) is 16.9. The first kappa shape index (κ1) is 27.1. The van der Waals surface area contributed by atoms with Crippen LogP contribution in [0.2, 0.25) is 0 Å². The summed E-state index contributed by atoms with van der Waals surface area (Å²) < 4.78 is 0. The van der Waals surface area contributed by atoms with Crippen molar-refractivity contribution in [2.24, 2.45) is 0 Å². The molecule has 3 heteroatoms. The van der Waals surface area contributed by atoms with Crippen molar-refractivity contribution in [3.8, 4) is 0 Å². The van der Waals surface area contributed by atoms with Gasteiger partial charge in [-0.15, -0.1) is 12.8 Å². The van der Waals surface area contributed by atoms with Crippen LogP contribution in [-0.4, -0.2) is 0 Å². The molecule has 0 radical (unpaired) electrons. The van der Waals surface area contributed by atoms with Gasteiger partial charge in [0.15, 0.2) is 0 Å². The van der Waals surface area contributed by atoms with Gasteiger partial charge in [0.2, 0.25) is 0 Å². The van der Waals surface area contributed by atoms with Gasteiger partial charge in [-0.2, -0.15) is 23.3 Å². The van der Waals surface area contributed by atoms with Crippen LogP contribution in [0.15, 0.2) is 96.1 Å². The summed E-state index contributed by atoms with van der Waals surface area (Å²) in [5.74, 6) is 1.02. The van der Waals surface area contributed by atoms with Crippen LogP contribution in [0.1, 0.15) is 49.7 Å². The van der Waals surface area contributed by atoms with Crippen molar-refractivity contribution < 1.29 is 35.6 Å². The molecule has 0 aromatic heterocycles. The van der Waals surface area contributed by atoms with Crippen LogP contribution < -0.4 is 9.41 Å². The first-order valence-electron chi connectivity index (χ1n) is 9.39. The normalized spacial score (nSPS) is 15.4. The summed E-state index contributed by atoms with van der Waals surface area (Å²) in [6.45, 7) is 4.48. The molecule has 0 aliphatic heterocycles. The van der Waals surface area contributed by atoms with Crippen molar-refractivity contribution in [2.45, 2.75) is 38.5 Å². The second kappa shape index (κ2) is 14.2. The molecule has 150 valence electrons. The fraction of sp³-hybridized carbons (Fsp3) is 0.231. The quantitative estimate of drug-likeness (QED) is 0.588. The van der Waals surface area contributed by atoms with E-state index in [9.17, 15) is 0 Å². The van der Waals surface area contributed by atoms with Crippen LogP contribution in [0.25, 0.3) is 0 Å². The Hall–Kier alpha value is -1.86. The van der Waals surface area contributed by atoms with Crippen molar-refractivity contribution in [1.82, 2.24) is 0 Å². The molecule has 0 saturated heterocycles. The summed E-state index contributed by atoms with van der Waals surface area (Å²) in [7, 11) is 0. The zero-order chi connectivity index (χ0) is 18.2. The first-order valence-corrected chi connectivity index (χ1v) is 9.39. The van der Waals surface area contributed by atoms with Crippen LogP contribution in [0.5, 0.6) is 0 Å². The summed E-state index contributed by atoms with van der Waals surface area (Å²) >= 11 is 0. The molecule has 4 rings (SSSR count). The Kier molecular flexibility index (Phi) is 13.3. The number of halogens is 2. The minimum atomic E-state index is 0. The van der Waals surface area contributed by atoms with Gasteiger partial charge >= 0.3 is 26.2 Å². The van der Waals surface area contributed by atoms with Gasteiger partial charge in [0.1, 0.15) is 0 Å². The van der Waals surface area contributed by atoms with E-state index in [0.717, 1.165) is 12.8 Å². The first-order chi connectivity index (χ1) is 12.8. The van der Waals surface area contributed by atoms with Crippen LogP contribution in [0.4, 0.5) is 0 Å². The molecule has 2 aliphatic carbocycles. The van der Waals surface area contributed by atoms with E-state index in [4.69, 9.17) is 0 Å². The molecule has 0 bridgehead atoms. The van der Waals surface area contributed by atoms with Gasteiger partial charge in [0.25, 0.3) is 0 Å². The molecule has 29 heavy (non-hydrogen) atoms. The van der Waals surface area contributed by atoms with E-state index in [0.29, 0.717) is 11.8 Å². The van der Waals surface area contributed by atoms with Crippen LogP contribution in [0, 0.1) is 12.2 Å². The molecule has 2 aromatic carbocycles. The Balaban J connectivity index is 0.000000490. The Morgan fingerprint density at radius 3 is 1.24 bits per heavy atom. The molecule has 0 spiro atoms. The predicted molar refractivity (Wildman–Crippen MR) is 111 cm³/mol. The largest absolute Gasteiger partial charge is 2.00 e. The standard InChI is InChI=1S/2C13H13.2FH.Zr/c2*1-11(13-9-5-6-10-13)12-7-3-2-4-8-12;;;/h2*2-4,7-11H,5H2,1H3;2*1H;/q2*-1;;;+2/p-2. The molecule has 0 amide bonds. The Morgan fingerprint density at radius 2 is 0.966 bits per heavy atom. The van der Waals surface area contributed by atoms with Crippen molar-refractivity contribution in [3.05, 3.63) is 119 Å². The predicted octanol–water partition coefficient (Wildman–Crippen LogP) is 0.965. The SMILES string of the molecule is CC(C1=CC[C-]=C1)c1ccccc1.CC(C1=CC[C-]=C1)c1ccccc1.[F-].[F-].[Zr+2]. The number of hydrogen-bond acceptors (Lipinski definition) is 0. The van der Waals surface area contributed by atoms with Gasteiger partial charge in [-0.25, -0.2) is 12.2 Å². The maximum atomic E-state index is 3.21. The van der Waals surface area contributed by atoms with Gasteiger partial charge < -0.3 is 9.41 Å². The van der Waals surface area contributed by atoms with Crippen LogP contribution in [-0.2, 0) is 26.2 Å². The number of hydrogen-bond donors (Lipinski definition) is 0. The smallest absolute Gasteiger partial charge is 1.00 e. The average Bonchev–Trinajstić information content (AvgIpc) is 3.43. The third-order valence-corrected chi connectivity index (χ3v) is 5.05. The number of rotatable bonds is 4. The minimum Gasteiger partial charge on any atom is -1.00 e. The molecule has 0 heterocycles. The third-order valence-electron chi connectivity index (χ3n) is 5.05. The molecule has 0 saturated carbocycles. The van der Waals surface area contributed by atoms with Crippen molar-refractivity contribution in [3.63, 3.8) is 0 Å². The van der Waals surface area contributed by atoms with Gasteiger partial charge in [0.05, 0.1) is 0 Å². The Labute approximate surface area is 193 Å². The van der Waals surface area contributed by atoms with Gasteiger partial charge in [-0.1, -0.05) is 97.5 Å². The minimum absolute atomic E-state index is 0. The summed E-state index contributed by atoms with van der Waals surface area (Å²) in [6.07, 6.45) is 17.1. The molecule has 0 N–H and O–H groups in total. The molecule has 2 atom stereocenters. The van der Waals surface area contributed by atoms with Crippen LogP contribution >= 0.6 is 0 Å².